The van der Waals surface area contributed by atoms with E-state index in [1.54, 1.807) is 6.26 Å². The molecule has 0 amide bonds. The van der Waals surface area contributed by atoms with Crippen molar-refractivity contribution in [1.29, 1.82) is 0 Å². The summed E-state index contributed by atoms with van der Waals surface area (Å²) in [6, 6.07) is 4.59. The van der Waals surface area contributed by atoms with Gasteiger partial charge in [0.1, 0.15) is 5.76 Å². The minimum absolute atomic E-state index is 0.665. The monoisotopic (exact) mass is 223 g/mol. The first-order valence-electron chi connectivity index (χ1n) is 6.00. The number of furan rings is 1. The Morgan fingerprint density at radius 2 is 2.56 bits per heavy atom. The fourth-order valence-corrected chi connectivity index (χ4v) is 2.08. The van der Waals surface area contributed by atoms with E-state index >= 15 is 0 Å². The molecule has 2 N–H and O–H groups in total. The van der Waals surface area contributed by atoms with Crippen LogP contribution in [0.25, 0.3) is 0 Å². The third-order valence-corrected chi connectivity index (χ3v) is 3.18. The summed E-state index contributed by atoms with van der Waals surface area (Å²) in [4.78, 5) is 2.44. The van der Waals surface area contributed by atoms with Crippen molar-refractivity contribution in [3.05, 3.63) is 24.2 Å². The molecule has 4 nitrogen and oxygen atoms in total. The Labute approximate surface area is 97.0 Å². The molecule has 1 fully saturated rings. The molecule has 0 aliphatic carbocycles. The highest BCUT2D eigenvalue weighted by Crippen LogP contribution is 2.04. The minimum Gasteiger partial charge on any atom is -0.468 e. The van der Waals surface area contributed by atoms with Crippen molar-refractivity contribution in [3.8, 4) is 0 Å². The lowest BCUT2D eigenvalue weighted by molar-refractivity contribution is 0.189. The zero-order valence-electron chi connectivity index (χ0n) is 9.91. The molecule has 16 heavy (non-hydrogen) atoms. The number of nitrogens with zero attached hydrogens (tertiary/aromatic N) is 1. The molecule has 0 bridgehead atoms. The summed E-state index contributed by atoms with van der Waals surface area (Å²) < 4.78 is 5.26. The summed E-state index contributed by atoms with van der Waals surface area (Å²) >= 11 is 0. The molecule has 1 aliphatic rings. The van der Waals surface area contributed by atoms with Crippen LogP contribution in [0.5, 0.6) is 0 Å². The van der Waals surface area contributed by atoms with Gasteiger partial charge in [0.15, 0.2) is 0 Å². The first kappa shape index (κ1) is 11.6. The molecule has 0 aromatic carbocycles. The van der Waals surface area contributed by atoms with E-state index in [-0.39, 0.29) is 0 Å². The van der Waals surface area contributed by atoms with E-state index in [0.29, 0.717) is 6.04 Å². The molecule has 4 heteroatoms. The van der Waals surface area contributed by atoms with Crippen molar-refractivity contribution in [2.24, 2.45) is 0 Å². The van der Waals surface area contributed by atoms with Crippen molar-refractivity contribution >= 4 is 0 Å². The number of piperazine rings is 1. The van der Waals surface area contributed by atoms with Crippen LogP contribution in [0.2, 0.25) is 0 Å². The van der Waals surface area contributed by atoms with Gasteiger partial charge in [-0.1, -0.05) is 0 Å². The van der Waals surface area contributed by atoms with E-state index < -0.39 is 0 Å². The maximum atomic E-state index is 5.26. The Kier molecular flexibility index (Phi) is 4.39. The third kappa shape index (κ3) is 3.33. The molecule has 0 saturated carbocycles. The van der Waals surface area contributed by atoms with Crippen LogP contribution in [0.1, 0.15) is 12.2 Å². The highest BCUT2D eigenvalue weighted by molar-refractivity contribution is 4.97. The zero-order chi connectivity index (χ0) is 11.2. The second kappa shape index (κ2) is 6.03. The van der Waals surface area contributed by atoms with Gasteiger partial charge >= 0.3 is 0 Å². The van der Waals surface area contributed by atoms with Gasteiger partial charge in [-0.3, -0.25) is 0 Å². The van der Waals surface area contributed by atoms with Gasteiger partial charge < -0.3 is 20.0 Å². The standard InChI is InChI=1S/C12H21N3O/c1-15-7-6-14-9-11(15)4-5-13-10-12-3-2-8-16-12/h2-3,8,11,13-14H,4-7,9-10H2,1H3. The van der Waals surface area contributed by atoms with E-state index in [0.717, 1.165) is 38.5 Å². The molecule has 1 atom stereocenters. The molecule has 90 valence electrons. The second-order valence-electron chi connectivity index (χ2n) is 4.38. The average Bonchev–Trinajstić information content (AvgIpc) is 2.79. The van der Waals surface area contributed by atoms with Crippen LogP contribution in [0.3, 0.4) is 0 Å². The van der Waals surface area contributed by atoms with Crippen molar-refractivity contribution < 1.29 is 4.42 Å². The van der Waals surface area contributed by atoms with E-state index in [4.69, 9.17) is 4.42 Å². The molecule has 2 heterocycles. The fraction of sp³-hybridized carbons (Fsp3) is 0.667. The van der Waals surface area contributed by atoms with Crippen LogP contribution >= 0.6 is 0 Å². The molecule has 1 unspecified atom stereocenters. The lowest BCUT2D eigenvalue weighted by Crippen LogP contribution is -2.50. The van der Waals surface area contributed by atoms with E-state index in [2.05, 4.69) is 22.6 Å². The fourth-order valence-electron chi connectivity index (χ4n) is 2.08. The smallest absolute Gasteiger partial charge is 0.117 e. The van der Waals surface area contributed by atoms with Crippen LogP contribution in [0, 0.1) is 0 Å². The minimum atomic E-state index is 0.665. The molecule has 1 aliphatic heterocycles. The molecule has 1 saturated heterocycles. The van der Waals surface area contributed by atoms with Crippen LogP contribution < -0.4 is 10.6 Å². The highest BCUT2D eigenvalue weighted by atomic mass is 16.3. The molecule has 0 radical (unpaired) electrons. The lowest BCUT2D eigenvalue weighted by atomic mass is 10.1. The number of nitrogens with one attached hydrogen (secondary N) is 2. The van der Waals surface area contributed by atoms with Gasteiger partial charge in [0.2, 0.25) is 0 Å². The summed E-state index contributed by atoms with van der Waals surface area (Å²) in [6.45, 7) is 5.25. The van der Waals surface area contributed by atoms with Crippen molar-refractivity contribution in [2.75, 3.05) is 33.2 Å². The van der Waals surface area contributed by atoms with Crippen LogP contribution in [0.4, 0.5) is 0 Å². The van der Waals surface area contributed by atoms with E-state index in [9.17, 15) is 0 Å². The summed E-state index contributed by atoms with van der Waals surface area (Å²) in [5, 5.41) is 6.84. The lowest BCUT2D eigenvalue weighted by Gasteiger charge is -2.33. The summed E-state index contributed by atoms with van der Waals surface area (Å²) in [6.07, 6.45) is 2.90. The maximum Gasteiger partial charge on any atom is 0.117 e. The predicted octanol–water partition coefficient (Wildman–Crippen LogP) is 0.663. The molecule has 2 rings (SSSR count). The van der Waals surface area contributed by atoms with Gasteiger partial charge in [-0.05, 0) is 32.1 Å². The van der Waals surface area contributed by atoms with E-state index in [1.807, 2.05) is 12.1 Å². The average molecular weight is 223 g/mol. The number of likely N-dealkylation sites (N-methyl/N-ethyl adjacent to an activating group) is 1. The first-order valence-corrected chi connectivity index (χ1v) is 6.00. The normalized spacial score (nSPS) is 22.4. The van der Waals surface area contributed by atoms with Crippen LogP contribution in [-0.4, -0.2) is 44.2 Å². The van der Waals surface area contributed by atoms with Crippen molar-refractivity contribution in [2.45, 2.75) is 19.0 Å². The number of hydrogen-bond donors (Lipinski definition) is 2. The molecule has 0 spiro atoms. The Morgan fingerprint density at radius 1 is 1.62 bits per heavy atom. The maximum absolute atomic E-state index is 5.26. The molecular formula is C12H21N3O. The zero-order valence-corrected chi connectivity index (χ0v) is 9.91. The Balaban J connectivity index is 1.60. The summed E-state index contributed by atoms with van der Waals surface area (Å²) in [5.41, 5.74) is 0. The predicted molar refractivity (Wildman–Crippen MR) is 64.3 cm³/mol. The Bertz CT molecular complexity index is 286. The van der Waals surface area contributed by atoms with E-state index in [1.165, 1.54) is 6.42 Å². The third-order valence-electron chi connectivity index (χ3n) is 3.18. The largest absolute Gasteiger partial charge is 0.468 e. The molecular weight excluding hydrogens is 202 g/mol. The van der Waals surface area contributed by atoms with Crippen LogP contribution in [-0.2, 0) is 6.54 Å². The summed E-state index contributed by atoms with van der Waals surface area (Å²) in [7, 11) is 2.21. The Morgan fingerprint density at radius 3 is 3.31 bits per heavy atom. The van der Waals surface area contributed by atoms with Gasteiger partial charge in [0, 0.05) is 25.7 Å². The second-order valence-corrected chi connectivity index (χ2v) is 4.38. The van der Waals surface area contributed by atoms with Gasteiger partial charge in [-0.25, -0.2) is 0 Å². The highest BCUT2D eigenvalue weighted by Gasteiger charge is 2.17. The SMILES string of the molecule is CN1CCNCC1CCNCc1ccco1. The first-order chi connectivity index (χ1) is 7.86. The van der Waals surface area contributed by atoms with Crippen LogP contribution in [0.15, 0.2) is 22.8 Å². The molecule has 1 aromatic rings. The van der Waals surface area contributed by atoms with Crippen molar-refractivity contribution in [1.82, 2.24) is 15.5 Å². The molecule has 1 aromatic heterocycles. The topological polar surface area (TPSA) is 40.4 Å². The Hall–Kier alpha value is -0.840. The number of hydrogen-bond acceptors (Lipinski definition) is 4. The van der Waals surface area contributed by atoms with Crippen molar-refractivity contribution in [3.63, 3.8) is 0 Å². The summed E-state index contributed by atoms with van der Waals surface area (Å²) in [5.74, 6) is 1.01. The van der Waals surface area contributed by atoms with Gasteiger partial charge in [0.25, 0.3) is 0 Å². The van der Waals surface area contributed by atoms with Gasteiger partial charge in [-0.2, -0.15) is 0 Å². The van der Waals surface area contributed by atoms with Gasteiger partial charge in [0.05, 0.1) is 12.8 Å². The number of rotatable bonds is 5. The van der Waals surface area contributed by atoms with Gasteiger partial charge in [-0.15, -0.1) is 0 Å². The quantitative estimate of drug-likeness (QED) is 0.720.